The SMILES string of the molecule is CCc1ccc([C@@H]2O[C@H](OC)[C@@H](O)[C@H](O)[C@H]2O)cc1Cc1ccc2c(c1)CCCO2. The molecule has 2 aliphatic heterocycles. The Labute approximate surface area is 177 Å². The van der Waals surface area contributed by atoms with Crippen LogP contribution in [0.2, 0.25) is 0 Å². The monoisotopic (exact) mass is 414 g/mol. The quantitative estimate of drug-likeness (QED) is 0.696. The lowest BCUT2D eigenvalue weighted by Crippen LogP contribution is -2.54. The minimum atomic E-state index is -1.34. The molecular formula is C24H30O6. The van der Waals surface area contributed by atoms with Gasteiger partial charge in [-0.05, 0) is 59.6 Å². The highest BCUT2D eigenvalue weighted by atomic mass is 16.7. The minimum Gasteiger partial charge on any atom is -0.493 e. The molecule has 0 bridgehead atoms. The molecule has 1 fully saturated rings. The van der Waals surface area contributed by atoms with Crippen molar-refractivity contribution in [3.05, 3.63) is 64.2 Å². The second kappa shape index (κ2) is 9.04. The summed E-state index contributed by atoms with van der Waals surface area (Å²) in [5.41, 5.74) is 5.59. The highest BCUT2D eigenvalue weighted by Gasteiger charge is 2.44. The molecule has 1 saturated heterocycles. The van der Waals surface area contributed by atoms with Crippen LogP contribution in [0, 0.1) is 0 Å². The number of hydrogen-bond donors (Lipinski definition) is 3. The van der Waals surface area contributed by atoms with Crippen molar-refractivity contribution in [3.63, 3.8) is 0 Å². The van der Waals surface area contributed by atoms with E-state index in [1.165, 1.54) is 23.8 Å². The van der Waals surface area contributed by atoms with Crippen LogP contribution in [0.4, 0.5) is 0 Å². The maximum absolute atomic E-state index is 10.5. The van der Waals surface area contributed by atoms with E-state index < -0.39 is 30.7 Å². The molecule has 6 nitrogen and oxygen atoms in total. The van der Waals surface area contributed by atoms with E-state index in [0.29, 0.717) is 0 Å². The minimum absolute atomic E-state index is 0.754. The van der Waals surface area contributed by atoms with Crippen LogP contribution < -0.4 is 4.74 Å². The van der Waals surface area contributed by atoms with Crippen molar-refractivity contribution in [2.75, 3.05) is 13.7 Å². The van der Waals surface area contributed by atoms with Crippen LogP contribution in [-0.4, -0.2) is 53.6 Å². The highest BCUT2D eigenvalue weighted by Crippen LogP contribution is 2.34. The van der Waals surface area contributed by atoms with E-state index in [4.69, 9.17) is 14.2 Å². The molecular weight excluding hydrogens is 384 g/mol. The van der Waals surface area contributed by atoms with Crippen molar-refractivity contribution in [1.82, 2.24) is 0 Å². The summed E-state index contributed by atoms with van der Waals surface area (Å²) in [6.07, 6.45) is -1.95. The Balaban J connectivity index is 1.62. The molecule has 0 radical (unpaired) electrons. The number of methoxy groups -OCH3 is 1. The molecule has 2 heterocycles. The van der Waals surface area contributed by atoms with Crippen LogP contribution in [0.3, 0.4) is 0 Å². The van der Waals surface area contributed by atoms with Gasteiger partial charge in [0.25, 0.3) is 0 Å². The highest BCUT2D eigenvalue weighted by molar-refractivity contribution is 5.42. The molecule has 3 N–H and O–H groups in total. The molecule has 0 spiro atoms. The Morgan fingerprint density at radius 1 is 1.00 bits per heavy atom. The molecule has 6 heteroatoms. The Morgan fingerprint density at radius 2 is 1.83 bits per heavy atom. The fraction of sp³-hybridized carbons (Fsp3) is 0.500. The van der Waals surface area contributed by atoms with E-state index in [2.05, 4.69) is 19.1 Å². The number of aliphatic hydroxyl groups excluding tert-OH is 3. The fourth-order valence-electron chi connectivity index (χ4n) is 4.39. The number of aryl methyl sites for hydroxylation is 2. The third-order valence-corrected chi connectivity index (χ3v) is 6.11. The Kier molecular flexibility index (Phi) is 6.41. The van der Waals surface area contributed by atoms with Crippen molar-refractivity contribution in [2.45, 2.75) is 63.3 Å². The second-order valence-corrected chi connectivity index (χ2v) is 8.09. The van der Waals surface area contributed by atoms with Gasteiger partial charge in [-0.2, -0.15) is 0 Å². The van der Waals surface area contributed by atoms with Gasteiger partial charge in [-0.15, -0.1) is 0 Å². The molecule has 2 aromatic carbocycles. The molecule has 2 aliphatic rings. The first-order valence-corrected chi connectivity index (χ1v) is 10.6. The van der Waals surface area contributed by atoms with Crippen LogP contribution in [0.15, 0.2) is 36.4 Å². The average Bonchev–Trinajstić information content (AvgIpc) is 2.77. The van der Waals surface area contributed by atoms with Crippen LogP contribution in [0.25, 0.3) is 0 Å². The molecule has 0 aliphatic carbocycles. The van der Waals surface area contributed by atoms with Gasteiger partial charge in [0.15, 0.2) is 6.29 Å². The summed E-state index contributed by atoms with van der Waals surface area (Å²) in [5, 5.41) is 30.8. The summed E-state index contributed by atoms with van der Waals surface area (Å²) >= 11 is 0. The van der Waals surface area contributed by atoms with Gasteiger partial charge in [-0.25, -0.2) is 0 Å². The van der Waals surface area contributed by atoms with Gasteiger partial charge in [0, 0.05) is 7.11 Å². The van der Waals surface area contributed by atoms with Crippen molar-refractivity contribution < 1.29 is 29.5 Å². The summed E-state index contributed by atoms with van der Waals surface area (Å²) in [5.74, 6) is 0.978. The maximum atomic E-state index is 10.5. The number of hydrogen-bond acceptors (Lipinski definition) is 6. The van der Waals surface area contributed by atoms with E-state index in [1.807, 2.05) is 24.3 Å². The van der Waals surface area contributed by atoms with Gasteiger partial charge < -0.3 is 29.5 Å². The molecule has 2 aromatic rings. The summed E-state index contributed by atoms with van der Waals surface area (Å²) in [7, 11) is 1.40. The lowest BCUT2D eigenvalue weighted by molar-refractivity contribution is -0.292. The second-order valence-electron chi connectivity index (χ2n) is 8.09. The van der Waals surface area contributed by atoms with E-state index in [-0.39, 0.29) is 0 Å². The van der Waals surface area contributed by atoms with Crippen LogP contribution in [-0.2, 0) is 28.7 Å². The lowest BCUT2D eigenvalue weighted by Gasteiger charge is -2.40. The van der Waals surface area contributed by atoms with Crippen LogP contribution in [0.5, 0.6) is 5.75 Å². The van der Waals surface area contributed by atoms with Crippen molar-refractivity contribution >= 4 is 0 Å². The van der Waals surface area contributed by atoms with Gasteiger partial charge in [0.2, 0.25) is 0 Å². The largest absolute Gasteiger partial charge is 0.493 e. The molecule has 0 amide bonds. The molecule has 30 heavy (non-hydrogen) atoms. The summed E-state index contributed by atoms with van der Waals surface area (Å²) in [6, 6.07) is 12.3. The zero-order chi connectivity index (χ0) is 21.3. The predicted molar refractivity (Wildman–Crippen MR) is 112 cm³/mol. The molecule has 0 saturated carbocycles. The van der Waals surface area contributed by atoms with E-state index >= 15 is 0 Å². The molecule has 162 valence electrons. The van der Waals surface area contributed by atoms with Gasteiger partial charge in [0.1, 0.15) is 30.2 Å². The molecule has 0 unspecified atom stereocenters. The Morgan fingerprint density at radius 3 is 2.60 bits per heavy atom. The summed E-state index contributed by atoms with van der Waals surface area (Å²) in [4.78, 5) is 0. The molecule has 0 aromatic heterocycles. The van der Waals surface area contributed by atoms with Crippen molar-refractivity contribution in [1.29, 1.82) is 0 Å². The average molecular weight is 414 g/mol. The standard InChI is InChI=1S/C24H30O6/c1-3-15-7-8-17(23-21(26)20(25)22(27)24(28-2)30-23)13-18(15)12-14-6-9-19-16(11-14)5-4-10-29-19/h6-9,11,13,20-27H,3-5,10,12H2,1-2H3/t20-,21-,22+,23+,24+/m1/s1. The predicted octanol–water partition coefficient (Wildman–Crippen LogP) is 2.29. The maximum Gasteiger partial charge on any atom is 0.186 e. The van der Waals surface area contributed by atoms with E-state index in [9.17, 15) is 15.3 Å². The zero-order valence-corrected chi connectivity index (χ0v) is 17.5. The number of fused-ring (bicyclic) bond motifs is 1. The number of ether oxygens (including phenoxy) is 3. The lowest BCUT2D eigenvalue weighted by atomic mass is 9.89. The number of aliphatic hydroxyl groups is 3. The summed E-state index contributed by atoms with van der Waals surface area (Å²) in [6.45, 7) is 2.90. The van der Waals surface area contributed by atoms with Gasteiger partial charge in [-0.1, -0.05) is 37.3 Å². The first-order valence-electron chi connectivity index (χ1n) is 10.6. The van der Waals surface area contributed by atoms with E-state index in [1.54, 1.807) is 0 Å². The van der Waals surface area contributed by atoms with Crippen molar-refractivity contribution in [3.8, 4) is 5.75 Å². The van der Waals surface area contributed by atoms with Crippen molar-refractivity contribution in [2.24, 2.45) is 0 Å². The normalized spacial score (nSPS) is 28.6. The third-order valence-electron chi connectivity index (χ3n) is 6.11. The fourth-order valence-corrected chi connectivity index (χ4v) is 4.39. The topological polar surface area (TPSA) is 88.4 Å². The Hall–Kier alpha value is -1.96. The van der Waals surface area contributed by atoms with Crippen LogP contribution in [0.1, 0.15) is 47.3 Å². The van der Waals surface area contributed by atoms with Gasteiger partial charge in [-0.3, -0.25) is 0 Å². The molecule has 4 rings (SSSR count). The third kappa shape index (κ3) is 4.11. The number of benzene rings is 2. The first kappa shape index (κ1) is 21.3. The first-order chi connectivity index (χ1) is 14.5. The molecule has 5 atom stereocenters. The summed E-state index contributed by atoms with van der Waals surface area (Å²) < 4.78 is 16.6. The Bertz CT molecular complexity index is 880. The van der Waals surface area contributed by atoms with Gasteiger partial charge >= 0.3 is 0 Å². The smallest absolute Gasteiger partial charge is 0.186 e. The van der Waals surface area contributed by atoms with E-state index in [0.717, 1.165) is 49.2 Å². The zero-order valence-electron chi connectivity index (χ0n) is 17.5. The van der Waals surface area contributed by atoms with Crippen LogP contribution >= 0.6 is 0 Å². The number of rotatable bonds is 5. The van der Waals surface area contributed by atoms with Gasteiger partial charge in [0.05, 0.1) is 6.61 Å².